The number of imide groups is 1. The van der Waals surface area contributed by atoms with Gasteiger partial charge in [0.1, 0.15) is 0 Å². The Hall–Kier alpha value is -2.50. The van der Waals surface area contributed by atoms with Crippen LogP contribution in [0.25, 0.3) is 0 Å². The van der Waals surface area contributed by atoms with Crippen molar-refractivity contribution >= 4 is 11.8 Å². The normalized spacial score (nSPS) is 21.5. The van der Waals surface area contributed by atoms with E-state index >= 15 is 0 Å². The number of likely N-dealkylation sites (tertiary alicyclic amines) is 1. The Morgan fingerprint density at radius 1 is 0.857 bits per heavy atom. The van der Waals surface area contributed by atoms with E-state index in [1.54, 1.807) is 0 Å². The number of carbonyl (C=O) groups excluding carboxylic acids is 2. The smallest absolute Gasteiger partial charge is 0.247 e. The Bertz CT molecular complexity index is 844. The summed E-state index contributed by atoms with van der Waals surface area (Å²) >= 11 is 0. The fourth-order valence-electron chi connectivity index (χ4n) is 4.14. The highest BCUT2D eigenvalue weighted by molar-refractivity contribution is 6.05. The fraction of sp³-hybridized carbons (Fsp3) is 0.391. The highest BCUT2D eigenvalue weighted by Gasteiger charge is 2.42. The first kappa shape index (κ1) is 18.8. The molecule has 0 aliphatic carbocycles. The first-order chi connectivity index (χ1) is 13.6. The van der Waals surface area contributed by atoms with Gasteiger partial charge in [-0.1, -0.05) is 54.6 Å². The molecular weight excluding hydrogens is 350 g/mol. The molecule has 1 unspecified atom stereocenters. The molecule has 2 aromatic rings. The van der Waals surface area contributed by atoms with Crippen molar-refractivity contribution in [1.29, 1.82) is 0 Å². The molecule has 2 aliphatic heterocycles. The second kappa shape index (κ2) is 8.25. The van der Waals surface area contributed by atoms with Crippen LogP contribution in [0.5, 0.6) is 0 Å². The zero-order valence-electron chi connectivity index (χ0n) is 16.4. The van der Waals surface area contributed by atoms with Crippen LogP contribution in [0.1, 0.15) is 23.1 Å². The van der Waals surface area contributed by atoms with Crippen molar-refractivity contribution < 1.29 is 9.59 Å². The Morgan fingerprint density at radius 3 is 2.25 bits per heavy atom. The minimum Gasteiger partial charge on any atom is -0.297 e. The largest absolute Gasteiger partial charge is 0.297 e. The Balaban J connectivity index is 1.34. The summed E-state index contributed by atoms with van der Waals surface area (Å²) in [5, 5.41) is 0. The number of benzene rings is 2. The van der Waals surface area contributed by atoms with Gasteiger partial charge in [-0.3, -0.25) is 24.3 Å². The molecule has 146 valence electrons. The van der Waals surface area contributed by atoms with Crippen molar-refractivity contribution in [2.45, 2.75) is 32.5 Å². The predicted molar refractivity (Wildman–Crippen MR) is 108 cm³/mol. The summed E-state index contributed by atoms with van der Waals surface area (Å²) in [5.41, 5.74) is 3.67. The molecule has 2 amide bonds. The molecule has 5 heteroatoms. The summed E-state index contributed by atoms with van der Waals surface area (Å²) in [5.74, 6) is -0.0950. The Morgan fingerprint density at radius 2 is 1.54 bits per heavy atom. The lowest BCUT2D eigenvalue weighted by Gasteiger charge is -2.37. The molecule has 2 heterocycles. The van der Waals surface area contributed by atoms with Crippen LogP contribution in [0.4, 0.5) is 0 Å². The number of hydrogen-bond acceptors (Lipinski definition) is 4. The monoisotopic (exact) mass is 377 g/mol. The van der Waals surface area contributed by atoms with Crippen molar-refractivity contribution in [3.8, 4) is 0 Å². The lowest BCUT2D eigenvalue weighted by Crippen LogP contribution is -2.52. The highest BCUT2D eigenvalue weighted by Crippen LogP contribution is 2.23. The molecule has 0 spiro atoms. The van der Waals surface area contributed by atoms with E-state index in [-0.39, 0.29) is 17.9 Å². The van der Waals surface area contributed by atoms with E-state index in [9.17, 15) is 9.59 Å². The maximum absolute atomic E-state index is 12.9. The SMILES string of the molecule is Cc1ccccc1CN1CCN(C2CC(=O)N(Cc3ccccc3)C2=O)CC1. The van der Waals surface area contributed by atoms with Crippen LogP contribution in [-0.2, 0) is 22.7 Å². The van der Waals surface area contributed by atoms with Crippen LogP contribution in [0.15, 0.2) is 54.6 Å². The number of piperazine rings is 1. The quantitative estimate of drug-likeness (QED) is 0.751. The summed E-state index contributed by atoms with van der Waals surface area (Å²) in [6.45, 7) is 6.97. The summed E-state index contributed by atoms with van der Waals surface area (Å²) in [6, 6.07) is 17.9. The van der Waals surface area contributed by atoms with Crippen molar-refractivity contribution in [1.82, 2.24) is 14.7 Å². The average molecular weight is 377 g/mol. The number of hydrogen-bond donors (Lipinski definition) is 0. The molecule has 28 heavy (non-hydrogen) atoms. The van der Waals surface area contributed by atoms with Crippen LogP contribution < -0.4 is 0 Å². The minimum atomic E-state index is -0.295. The van der Waals surface area contributed by atoms with Crippen LogP contribution >= 0.6 is 0 Å². The molecule has 0 N–H and O–H groups in total. The maximum atomic E-state index is 12.9. The van der Waals surface area contributed by atoms with Gasteiger partial charge in [-0.25, -0.2) is 0 Å². The van der Waals surface area contributed by atoms with E-state index in [0.29, 0.717) is 13.0 Å². The molecule has 0 bridgehead atoms. The highest BCUT2D eigenvalue weighted by atomic mass is 16.2. The standard InChI is InChI=1S/C23H27N3O2/c1-18-7-5-6-10-20(18)17-24-11-13-25(14-12-24)21-15-22(27)26(23(21)28)16-19-8-3-2-4-9-19/h2-10,21H,11-17H2,1H3. The fourth-order valence-corrected chi connectivity index (χ4v) is 4.14. The van der Waals surface area contributed by atoms with Gasteiger partial charge in [0.25, 0.3) is 0 Å². The summed E-state index contributed by atoms with van der Waals surface area (Å²) in [6.07, 6.45) is 0.309. The molecule has 2 aliphatic rings. The third kappa shape index (κ3) is 4.01. The lowest BCUT2D eigenvalue weighted by atomic mass is 10.1. The van der Waals surface area contributed by atoms with Crippen molar-refractivity contribution in [3.05, 3.63) is 71.3 Å². The molecule has 0 radical (unpaired) electrons. The Labute approximate surface area is 166 Å². The third-order valence-corrected chi connectivity index (χ3v) is 5.91. The second-order valence-electron chi connectivity index (χ2n) is 7.76. The van der Waals surface area contributed by atoms with Crippen LogP contribution in [0, 0.1) is 6.92 Å². The zero-order valence-corrected chi connectivity index (χ0v) is 16.4. The molecule has 2 fully saturated rings. The molecular formula is C23H27N3O2. The van der Waals surface area contributed by atoms with Gasteiger partial charge in [0, 0.05) is 32.7 Å². The molecule has 2 saturated heterocycles. The second-order valence-corrected chi connectivity index (χ2v) is 7.76. The number of carbonyl (C=O) groups is 2. The molecule has 0 saturated carbocycles. The first-order valence-corrected chi connectivity index (χ1v) is 10.0. The summed E-state index contributed by atoms with van der Waals surface area (Å²) < 4.78 is 0. The van der Waals surface area contributed by atoms with Crippen LogP contribution in [0.2, 0.25) is 0 Å². The Kier molecular flexibility index (Phi) is 5.55. The average Bonchev–Trinajstić information content (AvgIpc) is 2.99. The molecule has 1 atom stereocenters. The molecule has 5 nitrogen and oxygen atoms in total. The summed E-state index contributed by atoms with van der Waals surface area (Å²) in [4.78, 5) is 31.4. The van der Waals surface area contributed by atoms with Gasteiger partial charge in [-0.05, 0) is 23.6 Å². The number of nitrogens with zero attached hydrogens (tertiary/aromatic N) is 3. The maximum Gasteiger partial charge on any atom is 0.247 e. The van der Waals surface area contributed by atoms with E-state index in [1.807, 2.05) is 30.3 Å². The van der Waals surface area contributed by atoms with Crippen LogP contribution in [0.3, 0.4) is 0 Å². The van der Waals surface area contributed by atoms with Gasteiger partial charge in [0.2, 0.25) is 11.8 Å². The molecule has 0 aromatic heterocycles. The van der Waals surface area contributed by atoms with Gasteiger partial charge in [0.05, 0.1) is 19.0 Å². The number of aryl methyl sites for hydroxylation is 1. The van der Waals surface area contributed by atoms with E-state index < -0.39 is 0 Å². The predicted octanol–water partition coefficient (Wildman–Crippen LogP) is 2.44. The van der Waals surface area contributed by atoms with E-state index in [4.69, 9.17) is 0 Å². The van der Waals surface area contributed by atoms with Gasteiger partial charge in [0.15, 0.2) is 0 Å². The first-order valence-electron chi connectivity index (χ1n) is 10.0. The van der Waals surface area contributed by atoms with E-state index in [1.165, 1.54) is 16.0 Å². The number of amides is 2. The van der Waals surface area contributed by atoms with Gasteiger partial charge in [-0.2, -0.15) is 0 Å². The van der Waals surface area contributed by atoms with Crippen molar-refractivity contribution in [2.24, 2.45) is 0 Å². The number of rotatable bonds is 5. The van der Waals surface area contributed by atoms with Crippen molar-refractivity contribution in [2.75, 3.05) is 26.2 Å². The van der Waals surface area contributed by atoms with E-state index in [0.717, 1.165) is 38.3 Å². The topological polar surface area (TPSA) is 43.9 Å². The molecule has 4 rings (SSSR count). The van der Waals surface area contributed by atoms with Gasteiger partial charge >= 0.3 is 0 Å². The third-order valence-electron chi connectivity index (χ3n) is 5.91. The van der Waals surface area contributed by atoms with Gasteiger partial charge in [-0.15, -0.1) is 0 Å². The summed E-state index contributed by atoms with van der Waals surface area (Å²) in [7, 11) is 0. The van der Waals surface area contributed by atoms with Gasteiger partial charge < -0.3 is 0 Å². The van der Waals surface area contributed by atoms with Crippen molar-refractivity contribution in [3.63, 3.8) is 0 Å². The zero-order chi connectivity index (χ0) is 19.5. The minimum absolute atomic E-state index is 0.0405. The van der Waals surface area contributed by atoms with E-state index in [2.05, 4.69) is 41.0 Å². The lowest BCUT2D eigenvalue weighted by molar-refractivity contribution is -0.140. The van der Waals surface area contributed by atoms with Crippen LogP contribution in [-0.4, -0.2) is 58.7 Å². The molecule has 2 aromatic carbocycles.